The Morgan fingerprint density at radius 2 is 1.81 bits per heavy atom. The van der Waals surface area contributed by atoms with Crippen molar-refractivity contribution in [2.75, 3.05) is 5.32 Å². The van der Waals surface area contributed by atoms with Gasteiger partial charge < -0.3 is 5.32 Å². The average Bonchev–Trinajstić information content (AvgIpc) is 3.60. The zero-order chi connectivity index (χ0) is 26.2. The Balaban J connectivity index is 1.22. The topological polar surface area (TPSA) is 85.6 Å². The molecule has 0 unspecified atom stereocenters. The van der Waals surface area contributed by atoms with Gasteiger partial charge in [0.1, 0.15) is 16.8 Å². The Kier molecular flexibility index (Phi) is 6.63. The highest BCUT2D eigenvalue weighted by atomic mass is 35.5. The molecular formula is C25H19ClF4N6O. The summed E-state index contributed by atoms with van der Waals surface area (Å²) in [5, 5.41) is 5.92. The average molecular weight is 531 g/mol. The number of alkyl halides is 3. The minimum Gasteiger partial charge on any atom is -0.324 e. The Labute approximate surface area is 213 Å². The number of benzene rings is 1. The monoisotopic (exact) mass is 530 g/mol. The molecule has 1 amide bonds. The molecule has 5 rings (SSSR count). The van der Waals surface area contributed by atoms with Crippen molar-refractivity contribution in [3.8, 4) is 11.1 Å². The largest absolute Gasteiger partial charge is 0.419 e. The number of pyridine rings is 1. The van der Waals surface area contributed by atoms with Crippen LogP contribution in [0.1, 0.15) is 41.4 Å². The SMILES string of the molecule is O=C(Cc1ccc(-c2cnc(Cc3cnn(C4CC4)c3)nc2)cc1F)Nc1cnc(Cl)c(C(F)(F)F)c1. The lowest BCUT2D eigenvalue weighted by Gasteiger charge is -2.11. The molecule has 12 heteroatoms. The van der Waals surface area contributed by atoms with Crippen molar-refractivity contribution < 1.29 is 22.4 Å². The summed E-state index contributed by atoms with van der Waals surface area (Å²) >= 11 is 5.49. The molecule has 0 radical (unpaired) electrons. The smallest absolute Gasteiger partial charge is 0.324 e. The van der Waals surface area contributed by atoms with Crippen LogP contribution in [-0.4, -0.2) is 30.6 Å². The first-order valence-corrected chi connectivity index (χ1v) is 11.7. The van der Waals surface area contributed by atoms with E-state index >= 15 is 0 Å². The number of hydrogen-bond acceptors (Lipinski definition) is 5. The van der Waals surface area contributed by atoms with Crippen LogP contribution in [0.3, 0.4) is 0 Å². The number of carbonyl (C=O) groups excluding carboxylic acids is 1. The van der Waals surface area contributed by atoms with E-state index in [1.807, 2.05) is 10.9 Å². The van der Waals surface area contributed by atoms with E-state index in [1.54, 1.807) is 24.7 Å². The minimum atomic E-state index is -4.73. The summed E-state index contributed by atoms with van der Waals surface area (Å²) in [4.78, 5) is 24.5. The molecule has 1 aliphatic carbocycles. The van der Waals surface area contributed by atoms with E-state index in [0.29, 0.717) is 35.5 Å². The Bertz CT molecular complexity index is 1450. The number of nitrogens with one attached hydrogen (secondary N) is 1. The fourth-order valence-corrected chi connectivity index (χ4v) is 3.96. The van der Waals surface area contributed by atoms with Crippen molar-refractivity contribution >= 4 is 23.2 Å². The molecule has 1 saturated carbocycles. The second kappa shape index (κ2) is 9.89. The second-order valence-electron chi connectivity index (χ2n) is 8.72. The van der Waals surface area contributed by atoms with Gasteiger partial charge in [0.25, 0.3) is 0 Å². The molecule has 190 valence electrons. The van der Waals surface area contributed by atoms with Crippen LogP contribution in [0, 0.1) is 5.82 Å². The van der Waals surface area contributed by atoms with Crippen LogP contribution in [0.2, 0.25) is 5.15 Å². The molecule has 0 atom stereocenters. The number of anilines is 1. The number of nitrogens with zero attached hydrogens (tertiary/aromatic N) is 5. The van der Waals surface area contributed by atoms with Gasteiger partial charge in [0, 0.05) is 30.6 Å². The normalized spacial score (nSPS) is 13.5. The summed E-state index contributed by atoms with van der Waals surface area (Å²) in [6.45, 7) is 0. The molecule has 1 N–H and O–H groups in total. The highest BCUT2D eigenvalue weighted by Gasteiger charge is 2.34. The van der Waals surface area contributed by atoms with Crippen molar-refractivity contribution in [1.82, 2.24) is 24.7 Å². The lowest BCUT2D eigenvalue weighted by molar-refractivity contribution is -0.137. The van der Waals surface area contributed by atoms with Crippen LogP contribution in [0.25, 0.3) is 11.1 Å². The molecule has 3 heterocycles. The van der Waals surface area contributed by atoms with Crippen LogP contribution in [0.4, 0.5) is 23.2 Å². The van der Waals surface area contributed by atoms with Crippen LogP contribution in [0.15, 0.2) is 55.2 Å². The minimum absolute atomic E-state index is 0.0735. The summed E-state index contributed by atoms with van der Waals surface area (Å²) in [7, 11) is 0. The van der Waals surface area contributed by atoms with Gasteiger partial charge in [-0.1, -0.05) is 23.7 Å². The molecule has 0 bridgehead atoms. The molecule has 3 aromatic heterocycles. The Morgan fingerprint density at radius 3 is 2.49 bits per heavy atom. The number of carbonyl (C=O) groups is 1. The van der Waals surface area contributed by atoms with E-state index in [1.165, 1.54) is 12.1 Å². The zero-order valence-corrected chi connectivity index (χ0v) is 19.9. The van der Waals surface area contributed by atoms with E-state index in [2.05, 4.69) is 25.4 Å². The third kappa shape index (κ3) is 5.93. The van der Waals surface area contributed by atoms with Crippen molar-refractivity contribution in [3.05, 3.63) is 88.7 Å². The highest BCUT2D eigenvalue weighted by Crippen LogP contribution is 2.35. The highest BCUT2D eigenvalue weighted by molar-refractivity contribution is 6.30. The third-order valence-corrected chi connectivity index (χ3v) is 6.11. The number of halogens is 5. The van der Waals surface area contributed by atoms with Gasteiger partial charge in [0.15, 0.2) is 0 Å². The molecule has 1 aliphatic rings. The fraction of sp³-hybridized carbons (Fsp3) is 0.240. The first-order chi connectivity index (χ1) is 17.7. The predicted molar refractivity (Wildman–Crippen MR) is 127 cm³/mol. The summed E-state index contributed by atoms with van der Waals surface area (Å²) in [6, 6.07) is 5.49. The molecular weight excluding hydrogens is 512 g/mol. The van der Waals surface area contributed by atoms with Gasteiger partial charge in [-0.2, -0.15) is 18.3 Å². The number of rotatable bonds is 7. The molecule has 0 spiro atoms. The summed E-state index contributed by atoms with van der Waals surface area (Å²) in [5.41, 5.74) is 0.826. The van der Waals surface area contributed by atoms with Gasteiger partial charge in [0.05, 0.1) is 36.1 Å². The quantitative estimate of drug-likeness (QED) is 0.246. The van der Waals surface area contributed by atoms with Gasteiger partial charge in [-0.3, -0.25) is 9.48 Å². The van der Waals surface area contributed by atoms with Crippen LogP contribution in [0.5, 0.6) is 0 Å². The first kappa shape index (κ1) is 24.8. The van der Waals surface area contributed by atoms with E-state index < -0.39 is 28.6 Å². The predicted octanol–water partition coefficient (Wildman–Crippen LogP) is 5.65. The van der Waals surface area contributed by atoms with Crippen molar-refractivity contribution in [1.29, 1.82) is 0 Å². The van der Waals surface area contributed by atoms with E-state index in [4.69, 9.17) is 11.6 Å². The number of amides is 1. The molecule has 4 aromatic rings. The van der Waals surface area contributed by atoms with Gasteiger partial charge in [-0.25, -0.2) is 19.3 Å². The van der Waals surface area contributed by atoms with Crippen molar-refractivity contribution in [3.63, 3.8) is 0 Å². The summed E-state index contributed by atoms with van der Waals surface area (Å²) in [6.07, 6.45) is 5.70. The summed E-state index contributed by atoms with van der Waals surface area (Å²) in [5.74, 6) is -0.741. The Hall–Kier alpha value is -3.86. The van der Waals surface area contributed by atoms with Crippen LogP contribution >= 0.6 is 11.6 Å². The van der Waals surface area contributed by atoms with Gasteiger partial charge >= 0.3 is 6.18 Å². The van der Waals surface area contributed by atoms with E-state index in [0.717, 1.165) is 24.6 Å². The fourth-order valence-electron chi connectivity index (χ4n) is 3.75. The van der Waals surface area contributed by atoms with Gasteiger partial charge in [0.2, 0.25) is 5.91 Å². The maximum absolute atomic E-state index is 14.7. The maximum Gasteiger partial charge on any atom is 0.419 e. The van der Waals surface area contributed by atoms with E-state index in [-0.39, 0.29) is 17.7 Å². The molecule has 0 saturated heterocycles. The Morgan fingerprint density at radius 1 is 1.05 bits per heavy atom. The number of aromatic nitrogens is 5. The van der Waals surface area contributed by atoms with Crippen molar-refractivity contribution in [2.24, 2.45) is 0 Å². The second-order valence-corrected chi connectivity index (χ2v) is 9.07. The summed E-state index contributed by atoms with van der Waals surface area (Å²) < 4.78 is 55.7. The third-order valence-electron chi connectivity index (χ3n) is 5.81. The van der Waals surface area contributed by atoms with Crippen molar-refractivity contribution in [2.45, 2.75) is 37.9 Å². The lowest BCUT2D eigenvalue weighted by Crippen LogP contribution is -2.16. The first-order valence-electron chi connectivity index (χ1n) is 11.3. The molecule has 1 fully saturated rings. The van der Waals surface area contributed by atoms with Gasteiger partial charge in [-0.15, -0.1) is 0 Å². The van der Waals surface area contributed by atoms with Crippen LogP contribution < -0.4 is 5.32 Å². The maximum atomic E-state index is 14.7. The zero-order valence-electron chi connectivity index (χ0n) is 19.1. The van der Waals surface area contributed by atoms with Crippen LogP contribution in [-0.2, 0) is 23.8 Å². The standard InChI is InChI=1S/C25H19ClF4N6O/c26-24-20(25(28,29)30)8-18(12-33-24)35-23(37)7-16-2-1-15(6-21(16)27)17-10-31-22(32-11-17)5-14-9-34-36(13-14)19-3-4-19/h1-2,6,8-13,19H,3-5,7H2,(H,35,37). The molecule has 37 heavy (non-hydrogen) atoms. The molecule has 0 aliphatic heterocycles. The molecule has 7 nitrogen and oxygen atoms in total. The molecule has 1 aromatic carbocycles. The van der Waals surface area contributed by atoms with E-state index in [9.17, 15) is 22.4 Å². The number of hydrogen-bond donors (Lipinski definition) is 1. The van der Waals surface area contributed by atoms with Gasteiger partial charge in [-0.05, 0) is 41.7 Å². The lowest BCUT2D eigenvalue weighted by atomic mass is 10.0.